The van der Waals surface area contributed by atoms with Crippen molar-refractivity contribution in [2.75, 3.05) is 0 Å². The minimum Gasteiger partial charge on any atom is -0.192 e. The number of nitriles is 1. The van der Waals surface area contributed by atoms with Crippen LogP contribution in [-0.4, -0.2) is 8.75 Å². The molecule has 0 saturated carbocycles. The van der Waals surface area contributed by atoms with Crippen molar-refractivity contribution in [2.45, 2.75) is 164 Å². The summed E-state index contributed by atoms with van der Waals surface area (Å²) in [5.74, 6) is 2.97. The molecular weight excluding hydrogens is 667 g/mol. The number of fused-ring (bicyclic) bond motifs is 4. The lowest BCUT2D eigenvalue weighted by Gasteiger charge is -2.34. The van der Waals surface area contributed by atoms with Crippen LogP contribution in [0.5, 0.6) is 0 Å². The molecule has 1 aliphatic carbocycles. The van der Waals surface area contributed by atoms with Crippen molar-refractivity contribution in [1.82, 2.24) is 8.75 Å². The second kappa shape index (κ2) is 15.5. The summed E-state index contributed by atoms with van der Waals surface area (Å²) in [7, 11) is 0. The Balaban J connectivity index is 1.63. The van der Waals surface area contributed by atoms with Crippen molar-refractivity contribution < 1.29 is 0 Å². The molecule has 0 aliphatic heterocycles. The van der Waals surface area contributed by atoms with Gasteiger partial charge in [-0.25, -0.2) is 0 Å². The first-order chi connectivity index (χ1) is 23.5. The fourth-order valence-electron chi connectivity index (χ4n) is 8.14. The Labute approximate surface area is 316 Å². The molecule has 5 rings (SSSR count). The van der Waals surface area contributed by atoms with E-state index < -0.39 is 0 Å². The van der Waals surface area contributed by atoms with Crippen LogP contribution in [-0.2, 0) is 16.2 Å². The number of nitrogens with zero attached hydrogens (tertiary/aromatic N) is 3. The third kappa shape index (κ3) is 8.26. The summed E-state index contributed by atoms with van der Waals surface area (Å²) >= 11 is 5.24. The van der Waals surface area contributed by atoms with E-state index in [4.69, 9.17) is 8.75 Å². The van der Waals surface area contributed by atoms with Crippen molar-refractivity contribution in [3.8, 4) is 26.3 Å². The van der Waals surface area contributed by atoms with Gasteiger partial charge in [-0.1, -0.05) is 122 Å². The third-order valence-corrected chi connectivity index (χ3v) is 14.6. The predicted molar refractivity (Wildman–Crippen MR) is 221 cm³/mol. The molecule has 0 bridgehead atoms. The Kier molecular flexibility index (Phi) is 12.1. The maximum absolute atomic E-state index is 10.4. The van der Waals surface area contributed by atoms with E-state index in [1.54, 1.807) is 5.56 Å². The van der Waals surface area contributed by atoms with Gasteiger partial charge in [0.15, 0.2) is 0 Å². The maximum atomic E-state index is 10.4. The molecule has 2 unspecified atom stereocenters. The van der Waals surface area contributed by atoms with Crippen LogP contribution in [0.25, 0.3) is 31.2 Å². The van der Waals surface area contributed by atoms with Gasteiger partial charge in [0, 0.05) is 36.1 Å². The normalized spacial score (nSPS) is 17.5. The van der Waals surface area contributed by atoms with Crippen LogP contribution in [0.2, 0.25) is 0 Å². The van der Waals surface area contributed by atoms with Gasteiger partial charge >= 0.3 is 0 Å². The highest BCUT2D eigenvalue weighted by Crippen LogP contribution is 2.62. The molecule has 2 atom stereocenters. The molecule has 0 spiro atoms. The highest BCUT2D eigenvalue weighted by molar-refractivity contribution is 7.24. The predicted octanol–water partition coefficient (Wildman–Crippen LogP) is 14.7. The smallest absolute Gasteiger partial charge is 0.113 e. The zero-order valence-corrected chi connectivity index (χ0v) is 35.6. The van der Waals surface area contributed by atoms with Crippen molar-refractivity contribution >= 4 is 45.4 Å². The molecule has 3 nitrogen and oxygen atoms in total. The summed E-state index contributed by atoms with van der Waals surface area (Å²) in [6.07, 6.45) is 12.8. The summed E-state index contributed by atoms with van der Waals surface area (Å²) < 4.78 is 9.67. The molecule has 1 aliphatic rings. The van der Waals surface area contributed by atoms with Crippen molar-refractivity contribution in [1.29, 1.82) is 5.26 Å². The Hall–Kier alpha value is -2.07. The van der Waals surface area contributed by atoms with Crippen molar-refractivity contribution in [3.05, 3.63) is 45.3 Å². The molecule has 0 amide bonds. The summed E-state index contributed by atoms with van der Waals surface area (Å²) in [5.41, 5.74) is 7.73. The molecule has 4 aromatic rings. The third-order valence-electron chi connectivity index (χ3n) is 11.2. The van der Waals surface area contributed by atoms with E-state index in [1.165, 1.54) is 101 Å². The van der Waals surface area contributed by atoms with Crippen LogP contribution < -0.4 is 0 Å². The number of hydrogen-bond acceptors (Lipinski definition) is 6. The fraction of sp³-hybridized carbons (Fsp3) is 0.659. The number of benzene rings is 1. The van der Waals surface area contributed by atoms with E-state index in [9.17, 15) is 5.26 Å². The van der Waals surface area contributed by atoms with E-state index in [2.05, 4.69) is 107 Å². The highest BCUT2D eigenvalue weighted by Gasteiger charge is 2.46. The van der Waals surface area contributed by atoms with Crippen LogP contribution in [0.1, 0.15) is 174 Å². The van der Waals surface area contributed by atoms with E-state index in [-0.39, 0.29) is 16.2 Å². The Morgan fingerprint density at radius 2 is 1.22 bits per heavy atom. The summed E-state index contributed by atoms with van der Waals surface area (Å²) in [5, 5.41) is 10.4. The van der Waals surface area contributed by atoms with E-state index in [0.717, 1.165) is 39.6 Å². The minimum atomic E-state index is -0.198. The lowest BCUT2D eigenvalue weighted by atomic mass is 9.69. The SMILES string of the molecule is CC(C)CCCC(C)CCC1(CCC(C)CCCC(C)C)c2cc(-c3cc(C#N)c(C(C)(C)C)c4nsnc34)sc2-c2sc(C(C)(C)C)cc21. The first kappa shape index (κ1) is 39.1. The summed E-state index contributed by atoms with van der Waals surface area (Å²) in [6.45, 7) is 28.1. The molecule has 6 heteroatoms. The molecule has 272 valence electrons. The number of hydrogen-bond donors (Lipinski definition) is 0. The van der Waals surface area contributed by atoms with Gasteiger partial charge in [0.25, 0.3) is 0 Å². The lowest BCUT2D eigenvalue weighted by Crippen LogP contribution is -2.27. The second-order valence-electron chi connectivity index (χ2n) is 18.6. The monoisotopic (exact) mass is 729 g/mol. The molecule has 0 fully saturated rings. The van der Waals surface area contributed by atoms with Gasteiger partial charge in [-0.05, 0) is 89.5 Å². The molecule has 0 saturated heterocycles. The van der Waals surface area contributed by atoms with Crippen LogP contribution in [0.3, 0.4) is 0 Å². The Bertz CT molecular complexity index is 1770. The average Bonchev–Trinajstić information content (AvgIpc) is 3.80. The van der Waals surface area contributed by atoms with Crippen molar-refractivity contribution in [3.63, 3.8) is 0 Å². The Morgan fingerprint density at radius 1 is 0.680 bits per heavy atom. The molecule has 3 aromatic heterocycles. The minimum absolute atomic E-state index is 0.0148. The first-order valence-corrected chi connectivity index (χ1v) is 21.8. The maximum Gasteiger partial charge on any atom is 0.113 e. The molecule has 0 radical (unpaired) electrons. The first-order valence-electron chi connectivity index (χ1n) is 19.5. The van der Waals surface area contributed by atoms with Crippen molar-refractivity contribution in [2.24, 2.45) is 23.7 Å². The summed E-state index contributed by atoms with van der Waals surface area (Å²) in [6, 6.07) is 9.82. The highest BCUT2D eigenvalue weighted by atomic mass is 32.1. The number of aromatic nitrogens is 2. The molecular formula is C44H63N3S3. The number of thiophene rings is 2. The zero-order chi connectivity index (χ0) is 36.6. The lowest BCUT2D eigenvalue weighted by molar-refractivity contribution is 0.328. The van der Waals surface area contributed by atoms with E-state index >= 15 is 0 Å². The molecule has 0 N–H and O–H groups in total. The van der Waals surface area contributed by atoms with Crippen LogP contribution in [0.4, 0.5) is 0 Å². The van der Waals surface area contributed by atoms with Crippen LogP contribution in [0, 0.1) is 35.0 Å². The van der Waals surface area contributed by atoms with Gasteiger partial charge in [-0.2, -0.15) is 14.0 Å². The standard InChI is InChI=1S/C44H63N3S3/c1-27(2)15-13-17-29(5)19-21-44(22-20-30(6)18-14-16-28(3)4)33-24-35(48-40(33)41-34(44)25-36(49-41)42(7,8)9)32-23-31(26-45)37(43(10,11)12)39-38(32)46-50-47-39/h23-25,27-30H,13-22H2,1-12H3. The topological polar surface area (TPSA) is 49.6 Å². The number of rotatable bonds is 15. The average molecular weight is 730 g/mol. The van der Waals surface area contributed by atoms with Gasteiger partial charge in [0.2, 0.25) is 0 Å². The van der Waals surface area contributed by atoms with Crippen LogP contribution >= 0.6 is 34.4 Å². The van der Waals surface area contributed by atoms with Gasteiger partial charge in [0.05, 0.1) is 23.4 Å². The second-order valence-corrected chi connectivity index (χ2v) is 21.3. The van der Waals surface area contributed by atoms with E-state index in [1.807, 2.05) is 22.7 Å². The fourth-order valence-corrected chi connectivity index (χ4v) is 11.5. The van der Waals surface area contributed by atoms with Gasteiger partial charge < -0.3 is 0 Å². The van der Waals surface area contributed by atoms with Gasteiger partial charge in [0.1, 0.15) is 11.0 Å². The molecule has 3 heterocycles. The van der Waals surface area contributed by atoms with Gasteiger partial charge in [-0.3, -0.25) is 0 Å². The Morgan fingerprint density at radius 3 is 1.74 bits per heavy atom. The van der Waals surface area contributed by atoms with Crippen LogP contribution in [0.15, 0.2) is 18.2 Å². The molecule has 1 aromatic carbocycles. The summed E-state index contributed by atoms with van der Waals surface area (Å²) in [4.78, 5) is 5.70. The molecule has 50 heavy (non-hydrogen) atoms. The largest absolute Gasteiger partial charge is 0.192 e. The zero-order valence-electron chi connectivity index (χ0n) is 33.2. The van der Waals surface area contributed by atoms with Gasteiger partial charge in [-0.15, -0.1) is 22.7 Å². The van der Waals surface area contributed by atoms with E-state index in [0.29, 0.717) is 11.8 Å². The quantitative estimate of drug-likeness (QED) is 0.122.